The SMILES string of the molecule is CC/C=C\C/C=C\C/C=C\C/C=C\CCCCC(=O)OCC(COCCCCCCCCCCCC/C=C\CCCCCCCC)OC(=O)CCCCCCC/C=C\CCCC. The molecule has 0 heterocycles. The molecule has 5 heteroatoms. The lowest BCUT2D eigenvalue weighted by molar-refractivity contribution is -0.163. The summed E-state index contributed by atoms with van der Waals surface area (Å²) >= 11 is 0. The molecule has 0 aliphatic carbocycles. The molecule has 5 nitrogen and oxygen atoms in total. The van der Waals surface area contributed by atoms with Gasteiger partial charge in [-0.1, -0.05) is 209 Å². The molecule has 0 N–H and O–H groups in total. The van der Waals surface area contributed by atoms with Gasteiger partial charge in [-0.3, -0.25) is 9.59 Å². The van der Waals surface area contributed by atoms with Crippen LogP contribution in [0.5, 0.6) is 0 Å². The van der Waals surface area contributed by atoms with Crippen LogP contribution in [0.4, 0.5) is 0 Å². The molecule has 0 saturated heterocycles. The summed E-state index contributed by atoms with van der Waals surface area (Å²) in [6.45, 7) is 7.63. The van der Waals surface area contributed by atoms with Gasteiger partial charge < -0.3 is 14.2 Å². The second-order valence-electron chi connectivity index (χ2n) is 17.4. The zero-order valence-electron chi connectivity index (χ0n) is 41.1. The predicted molar refractivity (Wildman–Crippen MR) is 270 cm³/mol. The van der Waals surface area contributed by atoms with Crippen molar-refractivity contribution in [2.24, 2.45) is 0 Å². The van der Waals surface area contributed by atoms with E-state index >= 15 is 0 Å². The van der Waals surface area contributed by atoms with Crippen molar-refractivity contribution in [3.8, 4) is 0 Å². The van der Waals surface area contributed by atoms with Crippen LogP contribution >= 0.6 is 0 Å². The maximum Gasteiger partial charge on any atom is 0.306 e. The molecule has 358 valence electrons. The quantitative estimate of drug-likeness (QED) is 0.0346. The molecular weight excluding hydrogens is 765 g/mol. The Balaban J connectivity index is 4.26. The minimum Gasteiger partial charge on any atom is -0.462 e. The number of rotatable bonds is 48. The van der Waals surface area contributed by atoms with E-state index in [1.165, 1.54) is 135 Å². The number of esters is 2. The lowest BCUT2D eigenvalue weighted by Crippen LogP contribution is -2.30. The molecule has 0 bridgehead atoms. The number of hydrogen-bond acceptors (Lipinski definition) is 5. The fourth-order valence-corrected chi connectivity index (χ4v) is 7.24. The molecule has 0 saturated carbocycles. The molecule has 0 radical (unpaired) electrons. The Labute approximate surface area is 385 Å². The Morgan fingerprint density at radius 3 is 1.26 bits per heavy atom. The minimum absolute atomic E-state index is 0.0587. The molecule has 0 aromatic rings. The molecule has 0 aliphatic heterocycles. The third-order valence-corrected chi connectivity index (χ3v) is 11.2. The van der Waals surface area contributed by atoms with E-state index in [4.69, 9.17) is 14.2 Å². The van der Waals surface area contributed by atoms with Crippen LogP contribution in [-0.4, -0.2) is 37.9 Å². The van der Waals surface area contributed by atoms with Crippen molar-refractivity contribution >= 4 is 11.9 Å². The average Bonchev–Trinajstić information content (AvgIpc) is 3.27. The second-order valence-corrected chi connectivity index (χ2v) is 17.4. The molecule has 62 heavy (non-hydrogen) atoms. The maximum atomic E-state index is 12.8. The first-order valence-electron chi connectivity index (χ1n) is 26.5. The molecule has 0 rings (SSSR count). The number of allylic oxidation sites excluding steroid dienone is 12. The van der Waals surface area contributed by atoms with E-state index in [1.807, 2.05) is 0 Å². The van der Waals surface area contributed by atoms with Gasteiger partial charge in [0.05, 0.1) is 6.61 Å². The van der Waals surface area contributed by atoms with E-state index in [2.05, 4.69) is 93.7 Å². The summed E-state index contributed by atoms with van der Waals surface area (Å²) in [5.41, 5.74) is 0. The van der Waals surface area contributed by atoms with Crippen molar-refractivity contribution in [2.75, 3.05) is 19.8 Å². The lowest BCUT2D eigenvalue weighted by Gasteiger charge is -2.18. The Morgan fingerprint density at radius 2 is 0.742 bits per heavy atom. The lowest BCUT2D eigenvalue weighted by atomic mass is 10.1. The molecule has 0 fully saturated rings. The Morgan fingerprint density at radius 1 is 0.371 bits per heavy atom. The Kier molecular flexibility index (Phi) is 50.4. The van der Waals surface area contributed by atoms with Crippen LogP contribution in [0.25, 0.3) is 0 Å². The average molecular weight is 865 g/mol. The van der Waals surface area contributed by atoms with Gasteiger partial charge in [0.25, 0.3) is 0 Å². The molecule has 0 aromatic heterocycles. The monoisotopic (exact) mass is 865 g/mol. The van der Waals surface area contributed by atoms with Crippen LogP contribution < -0.4 is 0 Å². The van der Waals surface area contributed by atoms with E-state index in [0.717, 1.165) is 83.5 Å². The highest BCUT2D eigenvalue weighted by Gasteiger charge is 2.17. The second kappa shape index (κ2) is 52.7. The summed E-state index contributed by atoms with van der Waals surface area (Å²) in [6.07, 6.45) is 67.8. The summed E-state index contributed by atoms with van der Waals surface area (Å²) in [7, 11) is 0. The maximum absolute atomic E-state index is 12.8. The van der Waals surface area contributed by atoms with Gasteiger partial charge in [0, 0.05) is 19.4 Å². The van der Waals surface area contributed by atoms with Gasteiger partial charge in [0.2, 0.25) is 0 Å². The normalized spacial score (nSPS) is 12.8. The Hall–Kier alpha value is -2.66. The fraction of sp³-hybridized carbons (Fsp3) is 0.754. The van der Waals surface area contributed by atoms with E-state index < -0.39 is 6.10 Å². The Bertz CT molecular complexity index is 1110. The van der Waals surface area contributed by atoms with E-state index in [0.29, 0.717) is 19.4 Å². The van der Waals surface area contributed by atoms with Gasteiger partial charge in [0.1, 0.15) is 6.61 Å². The first-order valence-corrected chi connectivity index (χ1v) is 26.5. The number of ether oxygens (including phenoxy) is 3. The zero-order valence-corrected chi connectivity index (χ0v) is 41.1. The van der Waals surface area contributed by atoms with Crippen LogP contribution in [0.15, 0.2) is 72.9 Å². The summed E-state index contributed by atoms with van der Waals surface area (Å²) in [6, 6.07) is 0. The largest absolute Gasteiger partial charge is 0.462 e. The van der Waals surface area contributed by atoms with Crippen LogP contribution in [-0.2, 0) is 23.8 Å². The number of carbonyl (C=O) groups excluding carboxylic acids is 2. The molecule has 1 unspecified atom stereocenters. The first-order chi connectivity index (χ1) is 30.6. The molecular formula is C57H100O5. The highest BCUT2D eigenvalue weighted by molar-refractivity contribution is 5.70. The van der Waals surface area contributed by atoms with Crippen molar-refractivity contribution in [1.82, 2.24) is 0 Å². The van der Waals surface area contributed by atoms with Crippen LogP contribution in [0.3, 0.4) is 0 Å². The minimum atomic E-state index is -0.559. The summed E-state index contributed by atoms with van der Waals surface area (Å²) in [4.78, 5) is 25.3. The molecule has 0 amide bonds. The highest BCUT2D eigenvalue weighted by atomic mass is 16.6. The van der Waals surface area contributed by atoms with E-state index in [9.17, 15) is 9.59 Å². The molecule has 1 atom stereocenters. The standard InChI is InChI=1S/C57H100O5/c1-4-7-10-13-16-19-22-24-26-27-28-29-30-32-34-37-40-43-46-49-52-60-53-55(62-57(59)51-48-45-42-39-35-21-18-15-12-9-6-3)54-61-56(58)50-47-44-41-38-36-33-31-25-23-20-17-14-11-8-5-2/h8,11,15,17-18,20,24-26,31,36,38,55H,4-7,9-10,12-14,16,19,21-23,27-30,32-35,37,39-54H2,1-3H3/b11-8-,18-15-,20-17-,26-24-,31-25-,38-36-. The predicted octanol–water partition coefficient (Wildman–Crippen LogP) is 17.9. The molecule has 0 spiro atoms. The van der Waals surface area contributed by atoms with Crippen molar-refractivity contribution in [3.05, 3.63) is 72.9 Å². The van der Waals surface area contributed by atoms with Gasteiger partial charge in [-0.05, 0) is 103 Å². The highest BCUT2D eigenvalue weighted by Crippen LogP contribution is 2.14. The third-order valence-electron chi connectivity index (χ3n) is 11.2. The van der Waals surface area contributed by atoms with Gasteiger partial charge in [-0.15, -0.1) is 0 Å². The number of unbranched alkanes of at least 4 members (excludes halogenated alkanes) is 25. The number of hydrogen-bond donors (Lipinski definition) is 0. The topological polar surface area (TPSA) is 61.8 Å². The summed E-state index contributed by atoms with van der Waals surface area (Å²) in [5.74, 6) is -0.454. The van der Waals surface area contributed by atoms with Crippen molar-refractivity contribution in [1.29, 1.82) is 0 Å². The molecule has 0 aliphatic rings. The van der Waals surface area contributed by atoms with E-state index in [1.54, 1.807) is 0 Å². The van der Waals surface area contributed by atoms with Gasteiger partial charge >= 0.3 is 11.9 Å². The smallest absolute Gasteiger partial charge is 0.306 e. The summed E-state index contributed by atoms with van der Waals surface area (Å²) in [5, 5.41) is 0. The van der Waals surface area contributed by atoms with Gasteiger partial charge in [-0.2, -0.15) is 0 Å². The number of carbonyl (C=O) groups is 2. The van der Waals surface area contributed by atoms with Gasteiger partial charge in [0.15, 0.2) is 6.10 Å². The summed E-state index contributed by atoms with van der Waals surface area (Å²) < 4.78 is 17.4. The zero-order chi connectivity index (χ0) is 44.9. The van der Waals surface area contributed by atoms with Crippen LogP contribution in [0, 0.1) is 0 Å². The van der Waals surface area contributed by atoms with Gasteiger partial charge in [-0.25, -0.2) is 0 Å². The van der Waals surface area contributed by atoms with E-state index in [-0.39, 0.29) is 25.2 Å². The third kappa shape index (κ3) is 50.0. The van der Waals surface area contributed by atoms with Crippen molar-refractivity contribution in [2.45, 2.75) is 258 Å². The van der Waals surface area contributed by atoms with Crippen LogP contribution in [0.2, 0.25) is 0 Å². The molecule has 0 aromatic carbocycles. The fourth-order valence-electron chi connectivity index (χ4n) is 7.24. The van der Waals surface area contributed by atoms with Crippen molar-refractivity contribution < 1.29 is 23.8 Å². The first kappa shape index (κ1) is 59.3. The van der Waals surface area contributed by atoms with Crippen LogP contribution in [0.1, 0.15) is 252 Å². The van der Waals surface area contributed by atoms with Crippen molar-refractivity contribution in [3.63, 3.8) is 0 Å².